The molecular weight excluding hydrogens is 235 g/mol. The van der Waals surface area contributed by atoms with Crippen molar-refractivity contribution >= 4 is 39.9 Å². The number of carbonyl (C=O) groups excluding carboxylic acids is 1. The van der Waals surface area contributed by atoms with Crippen molar-refractivity contribution in [3.8, 4) is 0 Å². The summed E-state index contributed by atoms with van der Waals surface area (Å²) in [4.78, 5) is 11.0. The average molecular weight is 243 g/mol. The molecule has 0 aliphatic carbocycles. The average Bonchev–Trinajstić information content (AvgIpc) is 2.46. The van der Waals surface area contributed by atoms with E-state index in [0.29, 0.717) is 10.0 Å². The smallest absolute Gasteiger partial charge is 0.151 e. The molecule has 0 spiro atoms. The van der Waals surface area contributed by atoms with Gasteiger partial charge >= 0.3 is 0 Å². The van der Waals surface area contributed by atoms with Crippen molar-refractivity contribution < 1.29 is 4.79 Å². The number of fused-ring (bicyclic) bond motifs is 1. The van der Waals surface area contributed by atoms with Crippen LogP contribution >= 0.6 is 23.2 Å². The Bertz CT molecular complexity index is 533. The van der Waals surface area contributed by atoms with Gasteiger partial charge in [0.1, 0.15) is 0 Å². The highest BCUT2D eigenvalue weighted by Crippen LogP contribution is 2.27. The van der Waals surface area contributed by atoms with Crippen LogP contribution in [0.25, 0.3) is 10.9 Å². The van der Waals surface area contributed by atoms with Gasteiger partial charge < -0.3 is 0 Å². The Morgan fingerprint density at radius 1 is 1.47 bits per heavy atom. The monoisotopic (exact) mass is 242 g/mol. The number of nitrogens with zero attached hydrogens (tertiary/aromatic N) is 2. The van der Waals surface area contributed by atoms with Crippen molar-refractivity contribution in [3.05, 3.63) is 28.4 Å². The zero-order chi connectivity index (χ0) is 11.0. The number of halogens is 2. The molecule has 0 radical (unpaired) electrons. The summed E-state index contributed by atoms with van der Waals surface area (Å²) in [5.41, 5.74) is 0.747. The molecule has 3 nitrogen and oxygen atoms in total. The van der Waals surface area contributed by atoms with E-state index in [1.807, 2.05) is 0 Å². The van der Waals surface area contributed by atoms with Gasteiger partial charge in [-0.2, -0.15) is 5.10 Å². The highest BCUT2D eigenvalue weighted by atomic mass is 35.5. The largest absolute Gasteiger partial charge is 0.298 e. The Morgan fingerprint density at radius 3 is 2.87 bits per heavy atom. The van der Waals surface area contributed by atoms with Crippen LogP contribution in [0.5, 0.6) is 0 Å². The second-order valence-electron chi connectivity index (χ2n) is 3.33. The predicted octanol–water partition coefficient (Wildman–Crippen LogP) is 2.93. The molecule has 2 aromatic rings. The first-order chi connectivity index (χ1) is 7.08. The highest BCUT2D eigenvalue weighted by Gasteiger charge is 2.09. The normalized spacial score (nSPS) is 10.9. The van der Waals surface area contributed by atoms with Gasteiger partial charge in [0, 0.05) is 10.4 Å². The number of Topliss-reactive ketones (excluding diaryl/α,β-unsaturated/α-hetero) is 1. The van der Waals surface area contributed by atoms with Gasteiger partial charge in [0.2, 0.25) is 0 Å². The molecular formula is C10H8Cl2N2O. The Kier molecular flexibility index (Phi) is 2.67. The molecule has 15 heavy (non-hydrogen) atoms. The summed E-state index contributed by atoms with van der Waals surface area (Å²) in [6.07, 6.45) is 1.65. The summed E-state index contributed by atoms with van der Waals surface area (Å²) < 4.78 is 1.58. The van der Waals surface area contributed by atoms with E-state index in [-0.39, 0.29) is 12.3 Å². The molecule has 0 saturated carbocycles. The molecule has 0 aliphatic heterocycles. The van der Waals surface area contributed by atoms with Crippen molar-refractivity contribution in [2.24, 2.45) is 0 Å². The quantitative estimate of drug-likeness (QED) is 0.812. The van der Waals surface area contributed by atoms with Gasteiger partial charge in [-0.15, -0.1) is 0 Å². The number of hydrogen-bond donors (Lipinski definition) is 0. The van der Waals surface area contributed by atoms with Crippen LogP contribution in [0, 0.1) is 0 Å². The van der Waals surface area contributed by atoms with Gasteiger partial charge in [-0.3, -0.25) is 9.48 Å². The van der Waals surface area contributed by atoms with Crippen molar-refractivity contribution in [2.75, 3.05) is 0 Å². The minimum atomic E-state index is 0.0333. The van der Waals surface area contributed by atoms with Crippen LogP contribution in [0.15, 0.2) is 18.3 Å². The number of ketones is 1. The summed E-state index contributed by atoms with van der Waals surface area (Å²) in [7, 11) is 0. The lowest BCUT2D eigenvalue weighted by Gasteiger charge is -2.02. The number of hydrogen-bond acceptors (Lipinski definition) is 2. The van der Waals surface area contributed by atoms with Crippen LogP contribution < -0.4 is 0 Å². The Labute approximate surface area is 96.6 Å². The summed E-state index contributed by atoms with van der Waals surface area (Å²) in [5, 5.41) is 6.01. The second kappa shape index (κ2) is 3.83. The van der Waals surface area contributed by atoms with E-state index in [1.165, 1.54) is 6.92 Å². The number of aromatic nitrogens is 2. The van der Waals surface area contributed by atoms with Crippen molar-refractivity contribution in [2.45, 2.75) is 13.5 Å². The molecule has 0 saturated heterocycles. The summed E-state index contributed by atoms with van der Waals surface area (Å²) in [6.45, 7) is 1.74. The predicted molar refractivity (Wildman–Crippen MR) is 60.4 cm³/mol. The SMILES string of the molecule is CC(=O)Cn1ncc2cc(Cl)cc(Cl)c21. The van der Waals surface area contributed by atoms with Crippen LogP contribution in [-0.2, 0) is 11.3 Å². The first kappa shape index (κ1) is 10.5. The molecule has 0 aliphatic rings. The van der Waals surface area contributed by atoms with Gasteiger partial charge in [0.05, 0.1) is 23.3 Å². The van der Waals surface area contributed by atoms with E-state index in [2.05, 4.69) is 5.10 Å². The molecule has 1 aromatic carbocycles. The van der Waals surface area contributed by atoms with Crippen LogP contribution in [0.2, 0.25) is 10.0 Å². The summed E-state index contributed by atoms with van der Waals surface area (Å²) in [5.74, 6) is 0.0333. The molecule has 2 rings (SSSR count). The maximum Gasteiger partial charge on any atom is 0.151 e. The molecule has 0 unspecified atom stereocenters. The minimum absolute atomic E-state index is 0.0333. The third-order valence-corrected chi connectivity index (χ3v) is 2.53. The lowest BCUT2D eigenvalue weighted by Crippen LogP contribution is -2.07. The van der Waals surface area contributed by atoms with Gasteiger partial charge in [0.25, 0.3) is 0 Å². The molecule has 0 amide bonds. The fourth-order valence-electron chi connectivity index (χ4n) is 1.48. The molecule has 78 valence electrons. The maximum absolute atomic E-state index is 11.0. The van der Waals surface area contributed by atoms with E-state index in [1.54, 1.807) is 23.0 Å². The third kappa shape index (κ3) is 1.98. The fraction of sp³-hybridized carbons (Fsp3) is 0.200. The molecule has 0 atom stereocenters. The number of carbonyl (C=O) groups is 1. The van der Waals surface area contributed by atoms with E-state index in [9.17, 15) is 4.79 Å². The Hall–Kier alpha value is -1.06. The maximum atomic E-state index is 11.0. The topological polar surface area (TPSA) is 34.9 Å². The summed E-state index contributed by atoms with van der Waals surface area (Å²) in [6, 6.07) is 3.41. The molecule has 0 bridgehead atoms. The van der Waals surface area contributed by atoms with Gasteiger partial charge in [-0.25, -0.2) is 0 Å². The standard InChI is InChI=1S/C10H8Cl2N2O/c1-6(15)5-14-10-7(4-13-14)2-8(11)3-9(10)12/h2-4H,5H2,1H3. The fourth-order valence-corrected chi connectivity index (χ4v) is 2.08. The van der Waals surface area contributed by atoms with Crippen LogP contribution in [0.1, 0.15) is 6.92 Å². The van der Waals surface area contributed by atoms with Gasteiger partial charge in [0.15, 0.2) is 5.78 Å². The minimum Gasteiger partial charge on any atom is -0.298 e. The first-order valence-corrected chi connectivity index (χ1v) is 5.13. The second-order valence-corrected chi connectivity index (χ2v) is 4.17. The Morgan fingerprint density at radius 2 is 2.20 bits per heavy atom. The summed E-state index contributed by atoms with van der Waals surface area (Å²) >= 11 is 11.9. The molecule has 5 heteroatoms. The third-order valence-electron chi connectivity index (χ3n) is 2.02. The van der Waals surface area contributed by atoms with Gasteiger partial charge in [-0.05, 0) is 19.1 Å². The number of rotatable bonds is 2. The first-order valence-electron chi connectivity index (χ1n) is 4.38. The molecule has 0 N–H and O–H groups in total. The van der Waals surface area contributed by atoms with Crippen molar-refractivity contribution in [3.63, 3.8) is 0 Å². The molecule has 0 fully saturated rings. The molecule has 1 heterocycles. The van der Waals surface area contributed by atoms with Crippen LogP contribution in [0.3, 0.4) is 0 Å². The highest BCUT2D eigenvalue weighted by molar-refractivity contribution is 6.38. The van der Waals surface area contributed by atoms with Crippen molar-refractivity contribution in [1.82, 2.24) is 9.78 Å². The zero-order valence-electron chi connectivity index (χ0n) is 8.00. The van der Waals surface area contributed by atoms with Crippen LogP contribution in [-0.4, -0.2) is 15.6 Å². The van der Waals surface area contributed by atoms with E-state index in [0.717, 1.165) is 10.9 Å². The zero-order valence-corrected chi connectivity index (χ0v) is 9.51. The molecule has 1 aromatic heterocycles. The Balaban J connectivity index is 2.63. The van der Waals surface area contributed by atoms with E-state index in [4.69, 9.17) is 23.2 Å². The van der Waals surface area contributed by atoms with E-state index >= 15 is 0 Å². The van der Waals surface area contributed by atoms with Crippen LogP contribution in [0.4, 0.5) is 0 Å². The lowest BCUT2D eigenvalue weighted by atomic mass is 10.2. The lowest BCUT2D eigenvalue weighted by molar-refractivity contribution is -0.117. The number of benzene rings is 1. The van der Waals surface area contributed by atoms with E-state index < -0.39 is 0 Å². The van der Waals surface area contributed by atoms with Crippen molar-refractivity contribution in [1.29, 1.82) is 0 Å². The van der Waals surface area contributed by atoms with Gasteiger partial charge in [-0.1, -0.05) is 23.2 Å².